The number of phenolic OH excluding ortho intramolecular Hbond substituents is 1. The zero-order valence-corrected chi connectivity index (χ0v) is 13.2. The molecule has 5 heteroatoms. The maximum absolute atomic E-state index is 12.6. The molecule has 2 amide bonds. The van der Waals surface area contributed by atoms with Crippen molar-refractivity contribution in [2.75, 3.05) is 0 Å². The maximum Gasteiger partial charge on any atom is 0.252 e. The molecule has 0 saturated heterocycles. The van der Waals surface area contributed by atoms with Crippen LogP contribution in [0.3, 0.4) is 0 Å². The number of nitrogens with one attached hydrogen (secondary N) is 1. The van der Waals surface area contributed by atoms with E-state index in [-0.39, 0.29) is 11.7 Å². The minimum Gasteiger partial charge on any atom is -0.507 e. The number of phenols is 1. The van der Waals surface area contributed by atoms with Crippen LogP contribution in [0.2, 0.25) is 0 Å². The normalized spacial score (nSPS) is 17.5. The van der Waals surface area contributed by atoms with E-state index in [9.17, 15) is 14.7 Å². The van der Waals surface area contributed by atoms with Crippen LogP contribution in [0.1, 0.15) is 60.0 Å². The zero-order chi connectivity index (χ0) is 16.3. The van der Waals surface area contributed by atoms with Crippen LogP contribution in [0.4, 0.5) is 0 Å². The number of nitrogens with two attached hydrogens (primary N) is 1. The van der Waals surface area contributed by atoms with Crippen molar-refractivity contribution >= 4 is 11.8 Å². The molecule has 1 aliphatic rings. The monoisotopic (exact) mass is 304 g/mol. The van der Waals surface area contributed by atoms with E-state index in [2.05, 4.69) is 5.32 Å². The Kier molecular flexibility index (Phi) is 4.74. The van der Waals surface area contributed by atoms with E-state index in [1.807, 2.05) is 0 Å². The Morgan fingerprint density at radius 3 is 2.05 bits per heavy atom. The number of amides is 2. The summed E-state index contributed by atoms with van der Waals surface area (Å²) in [5.74, 6) is -0.586. The van der Waals surface area contributed by atoms with E-state index in [0.29, 0.717) is 29.5 Å². The van der Waals surface area contributed by atoms with Gasteiger partial charge in [0.25, 0.3) is 5.91 Å². The predicted molar refractivity (Wildman–Crippen MR) is 84.7 cm³/mol. The number of hydrogen-bond acceptors (Lipinski definition) is 3. The van der Waals surface area contributed by atoms with Crippen LogP contribution in [0.25, 0.3) is 0 Å². The molecule has 120 valence electrons. The first-order chi connectivity index (χ1) is 10.4. The third kappa shape index (κ3) is 3.24. The molecule has 4 N–H and O–H groups in total. The van der Waals surface area contributed by atoms with Gasteiger partial charge in [-0.1, -0.05) is 25.7 Å². The second kappa shape index (κ2) is 6.38. The average molecular weight is 304 g/mol. The highest BCUT2D eigenvalue weighted by atomic mass is 16.3. The van der Waals surface area contributed by atoms with Gasteiger partial charge in [-0.15, -0.1) is 0 Å². The molecule has 0 unspecified atom stereocenters. The topological polar surface area (TPSA) is 92.4 Å². The number of aromatic hydroxyl groups is 1. The summed E-state index contributed by atoms with van der Waals surface area (Å²) in [6.07, 6.45) is 5.06. The van der Waals surface area contributed by atoms with Gasteiger partial charge < -0.3 is 16.2 Å². The van der Waals surface area contributed by atoms with E-state index >= 15 is 0 Å². The summed E-state index contributed by atoms with van der Waals surface area (Å²) in [5.41, 5.74) is 6.36. The number of primary amides is 1. The molecule has 0 aromatic heterocycles. The van der Waals surface area contributed by atoms with E-state index in [1.165, 1.54) is 0 Å². The van der Waals surface area contributed by atoms with Gasteiger partial charge in [-0.05, 0) is 49.9 Å². The first-order valence-electron chi connectivity index (χ1n) is 7.78. The molecule has 2 rings (SSSR count). The first-order valence-corrected chi connectivity index (χ1v) is 7.78. The highest BCUT2D eigenvalue weighted by molar-refractivity contribution is 5.99. The molecule has 1 fully saturated rings. The molecule has 1 saturated carbocycles. The highest BCUT2D eigenvalue weighted by Gasteiger charge is 2.38. The molecule has 22 heavy (non-hydrogen) atoms. The van der Waals surface area contributed by atoms with E-state index < -0.39 is 11.4 Å². The largest absolute Gasteiger partial charge is 0.507 e. The lowest BCUT2D eigenvalue weighted by molar-refractivity contribution is -0.124. The van der Waals surface area contributed by atoms with Crippen molar-refractivity contribution in [1.82, 2.24) is 5.32 Å². The molecule has 0 radical (unpaired) electrons. The summed E-state index contributed by atoms with van der Waals surface area (Å²) in [7, 11) is 0. The molecule has 1 aromatic carbocycles. The van der Waals surface area contributed by atoms with Gasteiger partial charge in [0.15, 0.2) is 0 Å². The number of hydrogen-bond donors (Lipinski definition) is 3. The molecule has 1 aliphatic carbocycles. The Balaban J connectivity index is 2.27. The lowest BCUT2D eigenvalue weighted by Crippen LogP contribution is -2.57. The van der Waals surface area contributed by atoms with Crippen LogP contribution in [0.5, 0.6) is 5.75 Å². The van der Waals surface area contributed by atoms with Crippen LogP contribution in [-0.4, -0.2) is 22.5 Å². The maximum atomic E-state index is 12.6. The number of rotatable bonds is 3. The van der Waals surface area contributed by atoms with Gasteiger partial charge in [-0.25, -0.2) is 0 Å². The average Bonchev–Trinajstić information content (AvgIpc) is 2.70. The van der Waals surface area contributed by atoms with Gasteiger partial charge in [0.2, 0.25) is 5.91 Å². The van der Waals surface area contributed by atoms with Crippen molar-refractivity contribution in [1.29, 1.82) is 0 Å². The van der Waals surface area contributed by atoms with E-state index in [0.717, 1.165) is 25.7 Å². The van der Waals surface area contributed by atoms with E-state index in [1.54, 1.807) is 26.0 Å². The van der Waals surface area contributed by atoms with Gasteiger partial charge in [0.05, 0.1) is 0 Å². The van der Waals surface area contributed by atoms with Crippen molar-refractivity contribution in [2.45, 2.75) is 57.9 Å². The van der Waals surface area contributed by atoms with Crippen molar-refractivity contribution in [3.8, 4) is 5.75 Å². The van der Waals surface area contributed by atoms with Gasteiger partial charge in [0.1, 0.15) is 11.3 Å². The Labute approximate surface area is 130 Å². The molecular formula is C17H24N2O3. The molecule has 5 nitrogen and oxygen atoms in total. The van der Waals surface area contributed by atoms with Crippen molar-refractivity contribution in [3.05, 3.63) is 28.8 Å². The summed E-state index contributed by atoms with van der Waals surface area (Å²) in [4.78, 5) is 24.5. The lowest BCUT2D eigenvalue weighted by Gasteiger charge is -2.30. The van der Waals surface area contributed by atoms with Gasteiger partial charge in [-0.3, -0.25) is 9.59 Å². The fourth-order valence-corrected chi connectivity index (χ4v) is 3.14. The first kappa shape index (κ1) is 16.3. The predicted octanol–water partition coefficient (Wildman–Crippen LogP) is 2.32. The molecular weight excluding hydrogens is 280 g/mol. The summed E-state index contributed by atoms with van der Waals surface area (Å²) in [5, 5.41) is 12.7. The smallest absolute Gasteiger partial charge is 0.252 e. The van der Waals surface area contributed by atoms with Crippen molar-refractivity contribution in [3.63, 3.8) is 0 Å². The van der Waals surface area contributed by atoms with Gasteiger partial charge in [-0.2, -0.15) is 0 Å². The van der Waals surface area contributed by atoms with Crippen molar-refractivity contribution in [2.24, 2.45) is 5.73 Å². The lowest BCUT2D eigenvalue weighted by atomic mass is 9.88. The standard InChI is InChI=1S/C17H24N2O3/c1-11-9-13(10-12(2)14(11)20)15(21)19-17(16(18)22)7-5-3-4-6-8-17/h9-10,20H,3-8H2,1-2H3,(H2,18,22)(H,19,21). The SMILES string of the molecule is Cc1cc(C(=O)NC2(C(N)=O)CCCCCC2)cc(C)c1O. The van der Waals surface area contributed by atoms with Crippen LogP contribution in [-0.2, 0) is 4.79 Å². The molecule has 0 atom stereocenters. The molecule has 0 aliphatic heterocycles. The quantitative estimate of drug-likeness (QED) is 0.748. The fraction of sp³-hybridized carbons (Fsp3) is 0.529. The minimum atomic E-state index is -0.951. The molecule has 0 heterocycles. The number of aryl methyl sites for hydroxylation is 2. The zero-order valence-electron chi connectivity index (χ0n) is 13.2. The number of carbonyl (C=O) groups is 2. The van der Waals surface area contributed by atoms with Gasteiger partial charge in [0, 0.05) is 5.56 Å². The number of benzene rings is 1. The highest BCUT2D eigenvalue weighted by Crippen LogP contribution is 2.28. The van der Waals surface area contributed by atoms with Crippen LogP contribution < -0.4 is 11.1 Å². The second-order valence-electron chi connectivity index (χ2n) is 6.27. The Morgan fingerprint density at radius 2 is 1.59 bits per heavy atom. The Hall–Kier alpha value is -2.04. The summed E-state index contributed by atoms with van der Waals surface area (Å²) >= 11 is 0. The van der Waals surface area contributed by atoms with E-state index in [4.69, 9.17) is 5.73 Å². The second-order valence-corrected chi connectivity index (χ2v) is 6.27. The molecule has 1 aromatic rings. The Bertz CT molecular complexity index is 565. The van der Waals surface area contributed by atoms with Crippen molar-refractivity contribution < 1.29 is 14.7 Å². The molecule has 0 bridgehead atoms. The van der Waals surface area contributed by atoms with Gasteiger partial charge >= 0.3 is 0 Å². The van der Waals surface area contributed by atoms with Crippen LogP contribution in [0, 0.1) is 13.8 Å². The Morgan fingerprint density at radius 1 is 1.09 bits per heavy atom. The fourth-order valence-electron chi connectivity index (χ4n) is 3.14. The number of carbonyl (C=O) groups excluding carboxylic acids is 2. The summed E-state index contributed by atoms with van der Waals surface area (Å²) in [6, 6.07) is 3.26. The van der Waals surface area contributed by atoms with Crippen LogP contribution >= 0.6 is 0 Å². The van der Waals surface area contributed by atoms with Crippen LogP contribution in [0.15, 0.2) is 12.1 Å². The molecule has 0 spiro atoms. The third-order valence-corrected chi connectivity index (χ3v) is 4.53. The summed E-state index contributed by atoms with van der Waals surface area (Å²) in [6.45, 7) is 3.49. The summed E-state index contributed by atoms with van der Waals surface area (Å²) < 4.78 is 0. The minimum absolute atomic E-state index is 0.190. The third-order valence-electron chi connectivity index (χ3n) is 4.53.